The molecule has 0 atom stereocenters. The number of sulfonamides is 1. The van der Waals surface area contributed by atoms with Crippen LogP contribution in [0, 0.1) is 6.92 Å². The van der Waals surface area contributed by atoms with Gasteiger partial charge in [-0.1, -0.05) is 19.9 Å². The highest BCUT2D eigenvalue weighted by atomic mass is 32.2. The normalized spacial score (nSPS) is 11.8. The largest absolute Gasteiger partial charge is 0.383 e. The predicted molar refractivity (Wildman–Crippen MR) is 101 cm³/mol. The molecule has 1 amide bonds. The molecule has 1 aromatic carbocycles. The topological polar surface area (TPSA) is 76.2 Å². The summed E-state index contributed by atoms with van der Waals surface area (Å²) in [6, 6.07) is 4.80. The molecule has 8 heteroatoms. The molecule has 0 heterocycles. The molecular formula is C18H30N2O5S. The van der Waals surface area contributed by atoms with Gasteiger partial charge < -0.3 is 14.4 Å². The van der Waals surface area contributed by atoms with Crippen molar-refractivity contribution >= 4 is 15.9 Å². The zero-order valence-corrected chi connectivity index (χ0v) is 17.1. The molecule has 0 radical (unpaired) electrons. The molecule has 0 N–H and O–H groups in total. The molecular weight excluding hydrogens is 356 g/mol. The quantitative estimate of drug-likeness (QED) is 0.579. The highest BCUT2D eigenvalue weighted by Crippen LogP contribution is 2.22. The second-order valence-corrected chi connectivity index (χ2v) is 7.75. The van der Waals surface area contributed by atoms with Gasteiger partial charge in [0.25, 0.3) is 5.91 Å². The van der Waals surface area contributed by atoms with E-state index in [4.69, 9.17) is 9.47 Å². The zero-order valence-electron chi connectivity index (χ0n) is 16.3. The van der Waals surface area contributed by atoms with E-state index in [9.17, 15) is 13.2 Å². The number of benzene rings is 1. The molecule has 1 rings (SSSR count). The van der Waals surface area contributed by atoms with E-state index in [1.807, 2.05) is 0 Å². The number of aryl methyl sites for hydroxylation is 1. The van der Waals surface area contributed by atoms with Crippen LogP contribution in [0.3, 0.4) is 0 Å². The first-order valence-corrected chi connectivity index (χ1v) is 10.1. The number of methoxy groups -OCH3 is 2. The summed E-state index contributed by atoms with van der Waals surface area (Å²) < 4.78 is 37.2. The Morgan fingerprint density at radius 3 is 2.04 bits per heavy atom. The average Bonchev–Trinajstić information content (AvgIpc) is 2.62. The molecule has 0 bridgehead atoms. The highest BCUT2D eigenvalue weighted by Gasteiger charge is 2.25. The minimum absolute atomic E-state index is 0.172. The number of amides is 1. The van der Waals surface area contributed by atoms with E-state index in [1.54, 1.807) is 52.0 Å². The molecule has 0 saturated heterocycles. The number of carbonyl (C=O) groups is 1. The van der Waals surface area contributed by atoms with E-state index in [0.717, 1.165) is 0 Å². The van der Waals surface area contributed by atoms with Crippen LogP contribution in [-0.2, 0) is 19.5 Å². The van der Waals surface area contributed by atoms with Gasteiger partial charge in [-0.2, -0.15) is 4.31 Å². The van der Waals surface area contributed by atoms with Gasteiger partial charge in [-0.3, -0.25) is 4.79 Å². The van der Waals surface area contributed by atoms with Gasteiger partial charge in [0, 0.05) is 46.0 Å². The molecule has 7 nitrogen and oxygen atoms in total. The molecule has 0 aliphatic rings. The van der Waals surface area contributed by atoms with Gasteiger partial charge in [-0.25, -0.2) is 8.42 Å². The number of hydrogen-bond donors (Lipinski definition) is 0. The number of nitrogens with zero attached hydrogens (tertiary/aromatic N) is 2. The third-order valence-corrected chi connectivity index (χ3v) is 6.37. The van der Waals surface area contributed by atoms with Crippen LogP contribution in [0.2, 0.25) is 0 Å². The molecule has 0 aliphatic heterocycles. The van der Waals surface area contributed by atoms with Gasteiger partial charge in [0.15, 0.2) is 0 Å². The summed E-state index contributed by atoms with van der Waals surface area (Å²) in [6.45, 7) is 7.69. The average molecular weight is 387 g/mol. The van der Waals surface area contributed by atoms with Crippen molar-refractivity contribution in [3.05, 3.63) is 29.3 Å². The lowest BCUT2D eigenvalue weighted by atomic mass is 10.1. The van der Waals surface area contributed by atoms with Gasteiger partial charge in [0.2, 0.25) is 10.0 Å². The second kappa shape index (κ2) is 10.6. The fourth-order valence-corrected chi connectivity index (χ4v) is 4.32. The van der Waals surface area contributed by atoms with Gasteiger partial charge in [-0.05, 0) is 24.6 Å². The number of carbonyl (C=O) groups excluding carboxylic acids is 1. The van der Waals surface area contributed by atoms with Gasteiger partial charge in [0.1, 0.15) is 0 Å². The minimum Gasteiger partial charge on any atom is -0.383 e. The van der Waals surface area contributed by atoms with Crippen LogP contribution in [0.4, 0.5) is 0 Å². The first-order chi connectivity index (χ1) is 12.3. The molecule has 0 unspecified atom stereocenters. The van der Waals surface area contributed by atoms with E-state index in [0.29, 0.717) is 50.5 Å². The third kappa shape index (κ3) is 5.51. The monoisotopic (exact) mass is 386 g/mol. The maximum atomic E-state index is 12.9. The molecule has 0 saturated carbocycles. The van der Waals surface area contributed by atoms with Gasteiger partial charge in [0.05, 0.1) is 18.1 Å². The van der Waals surface area contributed by atoms with Crippen molar-refractivity contribution in [2.45, 2.75) is 25.7 Å². The maximum absolute atomic E-state index is 12.9. The van der Waals surface area contributed by atoms with Gasteiger partial charge >= 0.3 is 0 Å². The van der Waals surface area contributed by atoms with Crippen LogP contribution in [0.25, 0.3) is 0 Å². The van der Waals surface area contributed by atoms with Crippen LogP contribution >= 0.6 is 0 Å². The number of rotatable bonds is 11. The summed E-state index contributed by atoms with van der Waals surface area (Å²) in [7, 11) is -0.496. The lowest BCUT2D eigenvalue weighted by Gasteiger charge is -2.23. The Morgan fingerprint density at radius 1 is 1.04 bits per heavy atom. The smallest absolute Gasteiger partial charge is 0.254 e. The summed E-state index contributed by atoms with van der Waals surface area (Å²) in [6.07, 6.45) is 0. The molecule has 0 aromatic heterocycles. The number of ether oxygens (including phenoxy) is 2. The van der Waals surface area contributed by atoms with Crippen LogP contribution in [0.15, 0.2) is 23.1 Å². The predicted octanol–water partition coefficient (Wildman–Crippen LogP) is 1.76. The van der Waals surface area contributed by atoms with Crippen LogP contribution < -0.4 is 0 Å². The SMILES string of the molecule is CCN(CC)S(=O)(=O)c1cc(C(=O)N(CCOC)CCOC)ccc1C. The molecule has 26 heavy (non-hydrogen) atoms. The van der Waals surface area contributed by atoms with Crippen molar-refractivity contribution < 1.29 is 22.7 Å². The van der Waals surface area contributed by atoms with Crippen molar-refractivity contribution in [3.63, 3.8) is 0 Å². The first-order valence-electron chi connectivity index (χ1n) is 8.71. The summed E-state index contributed by atoms with van der Waals surface area (Å²) in [4.78, 5) is 14.6. The van der Waals surface area contributed by atoms with Crippen molar-refractivity contribution in [2.75, 3.05) is 53.6 Å². The Morgan fingerprint density at radius 2 is 1.58 bits per heavy atom. The minimum atomic E-state index is -3.63. The van der Waals surface area contributed by atoms with Gasteiger partial charge in [-0.15, -0.1) is 0 Å². The zero-order chi connectivity index (χ0) is 19.7. The van der Waals surface area contributed by atoms with Crippen molar-refractivity contribution in [3.8, 4) is 0 Å². The Labute approximate surface area is 156 Å². The Balaban J connectivity index is 3.23. The third-order valence-electron chi connectivity index (χ3n) is 4.18. The van der Waals surface area contributed by atoms with Crippen LogP contribution in [-0.4, -0.2) is 77.1 Å². The van der Waals surface area contributed by atoms with E-state index < -0.39 is 10.0 Å². The molecule has 0 aliphatic carbocycles. The van der Waals surface area contributed by atoms with Crippen LogP contribution in [0.1, 0.15) is 29.8 Å². The van der Waals surface area contributed by atoms with E-state index in [2.05, 4.69) is 0 Å². The summed E-state index contributed by atoms with van der Waals surface area (Å²) in [5, 5.41) is 0. The fraction of sp³-hybridized carbons (Fsp3) is 0.611. The van der Waals surface area contributed by atoms with Crippen molar-refractivity contribution in [2.24, 2.45) is 0 Å². The van der Waals surface area contributed by atoms with Crippen molar-refractivity contribution in [1.82, 2.24) is 9.21 Å². The Kier molecular flexibility index (Phi) is 9.21. The lowest BCUT2D eigenvalue weighted by Crippen LogP contribution is -2.37. The van der Waals surface area contributed by atoms with E-state index in [1.165, 1.54) is 10.4 Å². The second-order valence-electron chi connectivity index (χ2n) is 5.85. The molecule has 0 spiro atoms. The lowest BCUT2D eigenvalue weighted by molar-refractivity contribution is 0.0627. The van der Waals surface area contributed by atoms with E-state index >= 15 is 0 Å². The van der Waals surface area contributed by atoms with E-state index in [-0.39, 0.29) is 10.8 Å². The maximum Gasteiger partial charge on any atom is 0.254 e. The fourth-order valence-electron chi connectivity index (χ4n) is 2.61. The molecule has 1 aromatic rings. The standard InChI is InChI=1S/C18H30N2O5S/c1-6-20(7-2)26(22,23)17-14-16(9-8-15(17)3)18(21)19(10-12-24-4)11-13-25-5/h8-9,14H,6-7,10-13H2,1-5H3. The summed E-state index contributed by atoms with van der Waals surface area (Å²) in [5.41, 5.74) is 0.960. The number of hydrogen-bond acceptors (Lipinski definition) is 5. The van der Waals surface area contributed by atoms with Crippen LogP contribution in [0.5, 0.6) is 0 Å². The summed E-state index contributed by atoms with van der Waals surface area (Å²) in [5.74, 6) is -0.241. The Hall–Kier alpha value is -1.48. The first kappa shape index (κ1) is 22.6. The Bertz CT molecular complexity index is 679. The molecule has 0 fully saturated rings. The van der Waals surface area contributed by atoms with Crippen molar-refractivity contribution in [1.29, 1.82) is 0 Å². The molecule has 148 valence electrons. The highest BCUT2D eigenvalue weighted by molar-refractivity contribution is 7.89. The summed E-state index contributed by atoms with van der Waals surface area (Å²) >= 11 is 0.